The summed E-state index contributed by atoms with van der Waals surface area (Å²) in [6.45, 7) is -1.17. The molecular formula is C23H28N10O12P2. The third-order valence-electron chi connectivity index (χ3n) is 9.21. The van der Waals surface area contributed by atoms with Crippen LogP contribution in [-0.4, -0.2) is 105 Å². The summed E-state index contributed by atoms with van der Waals surface area (Å²) < 4.78 is 63.5. The van der Waals surface area contributed by atoms with Gasteiger partial charge in [0.05, 0.1) is 31.9 Å². The minimum Gasteiger partial charge on any atom is -0.388 e. The van der Waals surface area contributed by atoms with Crippen LogP contribution in [0.4, 0.5) is 11.8 Å². The maximum absolute atomic E-state index is 13.6. The van der Waals surface area contributed by atoms with E-state index in [1.807, 2.05) is 0 Å². The molecule has 6 heterocycles. The van der Waals surface area contributed by atoms with Gasteiger partial charge in [0.2, 0.25) is 5.95 Å². The number of aliphatic hydroxyl groups excluding tert-OH is 1. The molecule has 2 saturated heterocycles. The van der Waals surface area contributed by atoms with Gasteiger partial charge in [0.1, 0.15) is 42.4 Å². The minimum atomic E-state index is -4.98. The van der Waals surface area contributed by atoms with Crippen LogP contribution >= 0.6 is 15.6 Å². The second kappa shape index (κ2) is 10.5. The number of aromatic amines is 1. The lowest BCUT2D eigenvalue weighted by atomic mass is 10.0. The Kier molecular flexibility index (Phi) is 6.94. The van der Waals surface area contributed by atoms with Gasteiger partial charge in [-0.05, 0) is 12.3 Å². The van der Waals surface area contributed by atoms with Crippen molar-refractivity contribution in [2.75, 3.05) is 31.8 Å². The fraction of sp³-hybridized carbons (Fsp3) is 0.565. The van der Waals surface area contributed by atoms with E-state index in [2.05, 4.69) is 29.9 Å². The summed E-state index contributed by atoms with van der Waals surface area (Å²) in [4.78, 5) is 57.2. The molecule has 8 N–H and O–H groups in total. The lowest BCUT2D eigenvalue weighted by molar-refractivity contribution is -0.0678. The summed E-state index contributed by atoms with van der Waals surface area (Å²) in [5.41, 5.74) is 10.2. The fourth-order valence-corrected chi connectivity index (χ4v) is 9.09. The number of aromatic nitrogens is 8. The van der Waals surface area contributed by atoms with E-state index in [4.69, 9.17) is 39.0 Å². The van der Waals surface area contributed by atoms with Crippen LogP contribution in [0.15, 0.2) is 23.8 Å². The zero-order chi connectivity index (χ0) is 33.0. The molecule has 0 aromatic carbocycles. The van der Waals surface area contributed by atoms with E-state index in [9.17, 15) is 28.8 Å². The number of anilines is 2. The number of nitrogens with one attached hydrogen (secondary N) is 1. The molecule has 2 aliphatic heterocycles. The van der Waals surface area contributed by atoms with Crippen LogP contribution < -0.4 is 17.0 Å². The number of nitrogens with zero attached hydrogens (tertiary/aromatic N) is 7. The molecule has 11 atom stereocenters. The summed E-state index contributed by atoms with van der Waals surface area (Å²) in [7, 11) is -8.68. The predicted octanol–water partition coefficient (Wildman–Crippen LogP) is -1.02. The van der Waals surface area contributed by atoms with Crippen molar-refractivity contribution in [2.24, 2.45) is 11.3 Å². The first-order chi connectivity index (χ1) is 22.3. The van der Waals surface area contributed by atoms with Gasteiger partial charge >= 0.3 is 15.6 Å². The molecule has 1 spiro atoms. The number of H-pyrrole nitrogens is 1. The minimum absolute atomic E-state index is 0.0418. The number of hydrogen-bond donors (Lipinski definition) is 6. The first-order valence-corrected chi connectivity index (χ1v) is 17.1. The maximum Gasteiger partial charge on any atom is 0.472 e. The number of imidazole rings is 2. The quantitative estimate of drug-likeness (QED) is 0.139. The maximum atomic E-state index is 13.6. The number of aliphatic hydroxyl groups is 1. The third-order valence-corrected chi connectivity index (χ3v) is 11.1. The topological polar surface area (TPSA) is 309 Å². The molecule has 22 nitrogen and oxygen atoms in total. The summed E-state index contributed by atoms with van der Waals surface area (Å²) in [6.07, 6.45) is -3.94. The number of methoxy groups -OCH3 is 1. The number of phosphoric acid groups is 2. The molecule has 47 heavy (non-hydrogen) atoms. The van der Waals surface area contributed by atoms with Crippen molar-refractivity contribution in [3.8, 4) is 0 Å². The van der Waals surface area contributed by atoms with Crippen molar-refractivity contribution in [3.63, 3.8) is 0 Å². The summed E-state index contributed by atoms with van der Waals surface area (Å²) in [5, 5.41) is 11.5. The second-order valence-electron chi connectivity index (χ2n) is 11.8. The van der Waals surface area contributed by atoms with Crippen molar-refractivity contribution in [1.29, 1.82) is 0 Å². The van der Waals surface area contributed by atoms with Crippen molar-refractivity contribution >= 4 is 49.7 Å². The number of ether oxygens (including phenoxy) is 2. The smallest absolute Gasteiger partial charge is 0.388 e. The lowest BCUT2D eigenvalue weighted by Gasteiger charge is -2.30. The van der Waals surface area contributed by atoms with E-state index in [0.717, 1.165) is 0 Å². The Bertz CT molecular complexity index is 2060. The van der Waals surface area contributed by atoms with E-state index in [-0.39, 0.29) is 34.9 Å². The van der Waals surface area contributed by atoms with E-state index < -0.39 is 88.5 Å². The highest BCUT2D eigenvalue weighted by Crippen LogP contribution is 2.72. The summed E-state index contributed by atoms with van der Waals surface area (Å²) in [6, 6.07) is -0.811. The van der Waals surface area contributed by atoms with E-state index >= 15 is 0 Å². The molecule has 0 amide bonds. The highest BCUT2D eigenvalue weighted by atomic mass is 31.2. The number of nitrogens with two attached hydrogens (primary N) is 2. The molecular weight excluding hydrogens is 670 g/mol. The number of nitrogen functional groups attached to an aromatic ring is 2. The van der Waals surface area contributed by atoms with Gasteiger partial charge in [-0.15, -0.1) is 0 Å². The average Bonchev–Trinajstić information content (AvgIpc) is 3.30. The molecule has 2 unspecified atom stereocenters. The third kappa shape index (κ3) is 4.83. The Balaban J connectivity index is 1.15. The van der Waals surface area contributed by atoms with Crippen LogP contribution in [0.3, 0.4) is 0 Å². The molecule has 24 heteroatoms. The number of hydrogen-bond acceptors (Lipinski definition) is 17. The Morgan fingerprint density at radius 2 is 1.79 bits per heavy atom. The van der Waals surface area contributed by atoms with Crippen LogP contribution in [0, 0.1) is 11.3 Å². The molecule has 4 aliphatic rings. The van der Waals surface area contributed by atoms with Gasteiger partial charge in [0.15, 0.2) is 28.9 Å². The highest BCUT2D eigenvalue weighted by molar-refractivity contribution is 7.47. The zero-order valence-electron chi connectivity index (χ0n) is 24.2. The van der Waals surface area contributed by atoms with E-state index in [0.29, 0.717) is 5.65 Å². The summed E-state index contributed by atoms with van der Waals surface area (Å²) in [5.74, 6) is -0.615. The number of fused-ring (bicyclic) bond motifs is 4. The van der Waals surface area contributed by atoms with Crippen LogP contribution in [0.5, 0.6) is 0 Å². The molecule has 4 aromatic rings. The van der Waals surface area contributed by atoms with E-state index in [1.165, 1.54) is 30.7 Å². The molecule has 2 saturated carbocycles. The first-order valence-electron chi connectivity index (χ1n) is 14.2. The SMILES string of the molecule is CO[C@H]1[C@H]2OP(=O)(O)OC[C@]34C[C@@H]3[C@@H](n3cnc5c(N)ncnc53)[C@H](O)[C@@H]4OP(=O)(O)OC[C@H]1O[C@H]2n1cnc2c(=O)[nH]c(N)nc21. The molecule has 4 fully saturated rings. The van der Waals surface area contributed by atoms with Crippen molar-refractivity contribution < 1.29 is 51.6 Å². The molecule has 8 rings (SSSR count). The molecule has 2 bridgehead atoms. The number of rotatable bonds is 3. The standard InChI is InChI=1S/C23H28N10O12P2/c1-40-14-9-3-41-46(36,37)45-16-13(34)12(32-6-28-10-17(24)26-5-27-18(10)32)8-2-23(8,16)4-42-47(38,39)44-15(14)21(43-9)33-7-29-11-19(33)30-22(25)31-20(11)35/h5-9,12-16,21,34H,2-4H2,1H3,(H,36,37)(H,38,39)(H2,24,26,27)(H3,25,30,31,35)/t8-,9-,12-,13+,14-,15-,16+,21-,23-/m1/s1. The van der Waals surface area contributed by atoms with Crippen LogP contribution in [-0.2, 0) is 36.7 Å². The average molecular weight is 698 g/mol. The van der Waals surface area contributed by atoms with E-state index in [1.54, 1.807) is 4.57 Å². The zero-order valence-corrected chi connectivity index (χ0v) is 26.0. The lowest BCUT2D eigenvalue weighted by Crippen LogP contribution is -2.38. The monoisotopic (exact) mass is 698 g/mol. The Morgan fingerprint density at radius 3 is 2.57 bits per heavy atom. The molecule has 2 aliphatic carbocycles. The fourth-order valence-electron chi connectivity index (χ4n) is 7.08. The Morgan fingerprint density at radius 1 is 1.04 bits per heavy atom. The number of phosphoric ester groups is 2. The van der Waals surface area contributed by atoms with Crippen LogP contribution in [0.25, 0.3) is 22.3 Å². The van der Waals surface area contributed by atoms with Crippen molar-refractivity contribution in [3.05, 3.63) is 29.3 Å². The van der Waals surface area contributed by atoms with Gasteiger partial charge in [0, 0.05) is 12.5 Å². The van der Waals surface area contributed by atoms with Crippen molar-refractivity contribution in [1.82, 2.24) is 39.0 Å². The summed E-state index contributed by atoms with van der Waals surface area (Å²) >= 11 is 0. The molecule has 0 radical (unpaired) electrons. The van der Waals surface area contributed by atoms with Crippen LogP contribution in [0.1, 0.15) is 18.7 Å². The Hall–Kier alpha value is -3.40. The second-order valence-corrected chi connectivity index (χ2v) is 14.6. The van der Waals surface area contributed by atoms with Gasteiger partial charge in [-0.2, -0.15) is 4.98 Å². The normalized spacial score (nSPS) is 40.4. The van der Waals surface area contributed by atoms with Gasteiger partial charge in [0.25, 0.3) is 5.56 Å². The van der Waals surface area contributed by atoms with Crippen molar-refractivity contribution in [2.45, 2.75) is 49.2 Å². The Labute approximate surface area is 262 Å². The van der Waals surface area contributed by atoms with Gasteiger partial charge in [-0.1, -0.05) is 0 Å². The first kappa shape index (κ1) is 30.9. The van der Waals surface area contributed by atoms with Gasteiger partial charge in [-0.3, -0.25) is 32.4 Å². The highest BCUT2D eigenvalue weighted by Gasteiger charge is 2.74. The van der Waals surface area contributed by atoms with Crippen LogP contribution in [0.2, 0.25) is 0 Å². The largest absolute Gasteiger partial charge is 0.472 e. The molecule has 252 valence electrons. The molecule has 4 aromatic heterocycles. The van der Waals surface area contributed by atoms with Gasteiger partial charge < -0.3 is 40.4 Å². The predicted molar refractivity (Wildman–Crippen MR) is 154 cm³/mol. The van der Waals surface area contributed by atoms with Gasteiger partial charge in [-0.25, -0.2) is 29.1 Å².